The fourth-order valence-electron chi connectivity index (χ4n) is 2.36. The minimum atomic E-state index is 0.742. The summed E-state index contributed by atoms with van der Waals surface area (Å²) in [5.41, 5.74) is 3.07. The maximum absolute atomic E-state index is 5.44. The third kappa shape index (κ3) is 3.92. The third-order valence-corrected chi connectivity index (χ3v) is 3.35. The zero-order valence-electron chi connectivity index (χ0n) is 10.7. The first-order valence-electron chi connectivity index (χ1n) is 6.78. The van der Waals surface area contributed by atoms with E-state index >= 15 is 0 Å². The molecule has 0 aliphatic heterocycles. The number of rotatable bonds is 5. The van der Waals surface area contributed by atoms with Crippen LogP contribution in [-0.4, -0.2) is 6.61 Å². The van der Waals surface area contributed by atoms with E-state index in [-0.39, 0.29) is 0 Å². The molecule has 0 bridgehead atoms. The summed E-state index contributed by atoms with van der Waals surface area (Å²) in [6.07, 6.45) is 10.2. The molecule has 0 atom stereocenters. The number of hydrogen-bond acceptors (Lipinski definition) is 1. The van der Waals surface area contributed by atoms with Crippen molar-refractivity contribution < 1.29 is 4.74 Å². The average Bonchev–Trinajstić information content (AvgIpc) is 2.40. The highest BCUT2D eigenvalue weighted by Gasteiger charge is 2.04. The molecule has 1 aromatic carbocycles. The molecular weight excluding hydrogens is 208 g/mol. The molecule has 1 nitrogen and oxygen atoms in total. The molecule has 0 saturated carbocycles. The summed E-state index contributed by atoms with van der Waals surface area (Å²) in [7, 11) is 0. The van der Waals surface area contributed by atoms with E-state index in [0.717, 1.165) is 18.8 Å². The van der Waals surface area contributed by atoms with Crippen LogP contribution in [0, 0.1) is 0 Å². The van der Waals surface area contributed by atoms with Crippen LogP contribution in [-0.2, 0) is 6.42 Å². The molecule has 1 aromatic rings. The van der Waals surface area contributed by atoms with Crippen LogP contribution in [0.15, 0.2) is 35.9 Å². The molecule has 0 spiro atoms. The quantitative estimate of drug-likeness (QED) is 0.676. The van der Waals surface area contributed by atoms with Crippen molar-refractivity contribution in [2.75, 3.05) is 6.61 Å². The minimum absolute atomic E-state index is 0.742. The highest BCUT2D eigenvalue weighted by molar-refractivity contribution is 5.27. The van der Waals surface area contributed by atoms with Gasteiger partial charge in [-0.15, -0.1) is 0 Å². The van der Waals surface area contributed by atoms with Gasteiger partial charge in [0.25, 0.3) is 0 Å². The highest BCUT2D eigenvalue weighted by atomic mass is 16.5. The Morgan fingerprint density at radius 2 is 1.88 bits per heavy atom. The maximum atomic E-state index is 5.44. The Hall–Kier alpha value is -1.24. The second kappa shape index (κ2) is 6.48. The summed E-state index contributed by atoms with van der Waals surface area (Å²) in [6.45, 7) is 2.76. The van der Waals surface area contributed by atoms with Crippen LogP contribution in [0.5, 0.6) is 5.75 Å². The van der Waals surface area contributed by atoms with Crippen molar-refractivity contribution in [1.29, 1.82) is 0 Å². The molecule has 0 radical (unpaired) electrons. The lowest BCUT2D eigenvalue weighted by atomic mass is 9.94. The Morgan fingerprint density at radius 3 is 2.53 bits per heavy atom. The van der Waals surface area contributed by atoms with Gasteiger partial charge >= 0.3 is 0 Å². The zero-order chi connectivity index (χ0) is 11.9. The van der Waals surface area contributed by atoms with Gasteiger partial charge in [0.1, 0.15) is 5.75 Å². The number of allylic oxidation sites excluding steroid dienone is 2. The Bertz CT molecular complexity index is 362. The first kappa shape index (κ1) is 12.2. The monoisotopic (exact) mass is 230 g/mol. The van der Waals surface area contributed by atoms with Gasteiger partial charge in [0.15, 0.2) is 0 Å². The van der Waals surface area contributed by atoms with E-state index in [4.69, 9.17) is 4.74 Å². The van der Waals surface area contributed by atoms with Crippen LogP contribution in [0.25, 0.3) is 0 Å². The lowest BCUT2D eigenvalue weighted by molar-refractivity contribution is 0.340. The van der Waals surface area contributed by atoms with Gasteiger partial charge in [-0.25, -0.2) is 0 Å². The molecule has 2 rings (SSSR count). The standard InChI is InChI=1S/C16H22O/c1-2-17-16-12-10-15(11-13-16)9-8-14-6-4-3-5-7-14/h6,10-13H,2-5,7-9H2,1H3. The topological polar surface area (TPSA) is 9.23 Å². The van der Waals surface area contributed by atoms with E-state index in [1.807, 2.05) is 6.92 Å². The lowest BCUT2D eigenvalue weighted by Crippen LogP contribution is -1.95. The van der Waals surface area contributed by atoms with Crippen molar-refractivity contribution in [3.8, 4) is 5.75 Å². The number of hydrogen-bond donors (Lipinski definition) is 0. The van der Waals surface area contributed by atoms with E-state index in [1.54, 1.807) is 5.57 Å². The fourth-order valence-corrected chi connectivity index (χ4v) is 2.36. The Kier molecular flexibility index (Phi) is 4.66. The summed E-state index contributed by atoms with van der Waals surface area (Å²) < 4.78 is 5.44. The maximum Gasteiger partial charge on any atom is 0.119 e. The van der Waals surface area contributed by atoms with Crippen LogP contribution >= 0.6 is 0 Å². The number of ether oxygens (including phenoxy) is 1. The van der Waals surface area contributed by atoms with Gasteiger partial charge in [0.05, 0.1) is 6.61 Å². The molecule has 0 amide bonds. The van der Waals surface area contributed by atoms with E-state index < -0.39 is 0 Å². The summed E-state index contributed by atoms with van der Waals surface area (Å²) in [5.74, 6) is 0.980. The molecule has 1 aliphatic rings. The highest BCUT2D eigenvalue weighted by Crippen LogP contribution is 2.22. The van der Waals surface area contributed by atoms with Gasteiger partial charge in [-0.2, -0.15) is 0 Å². The van der Waals surface area contributed by atoms with Crippen LogP contribution in [0.2, 0.25) is 0 Å². The van der Waals surface area contributed by atoms with Crippen molar-refractivity contribution >= 4 is 0 Å². The molecule has 0 aromatic heterocycles. The molecule has 0 unspecified atom stereocenters. The van der Waals surface area contributed by atoms with Crippen LogP contribution < -0.4 is 4.74 Å². The normalized spacial score (nSPS) is 15.5. The predicted molar refractivity (Wildman–Crippen MR) is 72.5 cm³/mol. The average molecular weight is 230 g/mol. The Labute approximate surface area is 104 Å². The van der Waals surface area contributed by atoms with Crippen molar-refractivity contribution in [1.82, 2.24) is 0 Å². The van der Waals surface area contributed by atoms with Gasteiger partial charge in [0, 0.05) is 0 Å². The van der Waals surface area contributed by atoms with Gasteiger partial charge < -0.3 is 4.74 Å². The molecule has 0 saturated heterocycles. The fraction of sp³-hybridized carbons (Fsp3) is 0.500. The van der Waals surface area contributed by atoms with E-state index in [0.29, 0.717) is 0 Å². The molecule has 92 valence electrons. The summed E-state index contributed by atoms with van der Waals surface area (Å²) in [4.78, 5) is 0. The summed E-state index contributed by atoms with van der Waals surface area (Å²) in [5, 5.41) is 0. The van der Waals surface area contributed by atoms with E-state index in [9.17, 15) is 0 Å². The Balaban J connectivity index is 1.84. The minimum Gasteiger partial charge on any atom is -0.494 e. The molecule has 0 fully saturated rings. The van der Waals surface area contributed by atoms with Crippen LogP contribution in [0.4, 0.5) is 0 Å². The first-order chi connectivity index (χ1) is 8.38. The molecule has 0 N–H and O–H groups in total. The molecule has 1 heteroatoms. The van der Waals surface area contributed by atoms with Gasteiger partial charge in [-0.1, -0.05) is 23.8 Å². The largest absolute Gasteiger partial charge is 0.494 e. The SMILES string of the molecule is CCOc1ccc(CCC2=CCCCC2)cc1. The molecule has 17 heavy (non-hydrogen) atoms. The smallest absolute Gasteiger partial charge is 0.119 e. The van der Waals surface area contributed by atoms with Crippen molar-refractivity contribution in [2.24, 2.45) is 0 Å². The van der Waals surface area contributed by atoms with E-state index in [1.165, 1.54) is 37.7 Å². The van der Waals surface area contributed by atoms with Gasteiger partial charge in [-0.05, 0) is 63.1 Å². The molecule has 1 aliphatic carbocycles. The van der Waals surface area contributed by atoms with Crippen molar-refractivity contribution in [3.63, 3.8) is 0 Å². The van der Waals surface area contributed by atoms with Crippen molar-refractivity contribution in [2.45, 2.75) is 45.4 Å². The second-order valence-corrected chi connectivity index (χ2v) is 4.69. The Morgan fingerprint density at radius 1 is 1.06 bits per heavy atom. The molecular formula is C16H22O. The van der Waals surface area contributed by atoms with Crippen molar-refractivity contribution in [3.05, 3.63) is 41.5 Å². The third-order valence-electron chi connectivity index (χ3n) is 3.35. The number of benzene rings is 1. The van der Waals surface area contributed by atoms with Crippen LogP contribution in [0.3, 0.4) is 0 Å². The zero-order valence-corrected chi connectivity index (χ0v) is 10.7. The van der Waals surface area contributed by atoms with Crippen LogP contribution in [0.1, 0.15) is 44.6 Å². The summed E-state index contributed by atoms with van der Waals surface area (Å²) >= 11 is 0. The molecule has 0 heterocycles. The summed E-state index contributed by atoms with van der Waals surface area (Å²) in [6, 6.07) is 8.53. The predicted octanol–water partition coefficient (Wildman–Crippen LogP) is 4.52. The van der Waals surface area contributed by atoms with Gasteiger partial charge in [0.2, 0.25) is 0 Å². The van der Waals surface area contributed by atoms with E-state index in [2.05, 4.69) is 30.3 Å². The van der Waals surface area contributed by atoms with Gasteiger partial charge in [-0.3, -0.25) is 0 Å². The second-order valence-electron chi connectivity index (χ2n) is 4.69. The lowest BCUT2D eigenvalue weighted by Gasteiger charge is -2.12. The number of aryl methyl sites for hydroxylation is 1. The first-order valence-corrected chi connectivity index (χ1v) is 6.78.